The van der Waals surface area contributed by atoms with Crippen LogP contribution in [0.4, 0.5) is 5.13 Å². The highest BCUT2D eigenvalue weighted by Crippen LogP contribution is 2.34. The predicted octanol–water partition coefficient (Wildman–Crippen LogP) is 2.70. The largest absolute Gasteiger partial charge is 0.383 e. The zero-order valence-electron chi connectivity index (χ0n) is 26.4. The Balaban J connectivity index is 1.25. The fraction of sp³-hybridized carbons (Fsp3) is 0.625. The Morgan fingerprint density at radius 3 is 2.55 bits per heavy atom. The first kappa shape index (κ1) is 32.5. The van der Waals surface area contributed by atoms with Gasteiger partial charge in [-0.3, -0.25) is 19.3 Å². The third-order valence-corrected chi connectivity index (χ3v) is 10.1. The molecule has 3 aliphatic heterocycles. The highest BCUT2D eigenvalue weighted by Gasteiger charge is 2.54. The molecule has 0 radical (unpaired) electrons. The van der Waals surface area contributed by atoms with E-state index in [1.807, 2.05) is 45.2 Å². The summed E-state index contributed by atoms with van der Waals surface area (Å²) in [6.07, 6.45) is -0.194. The molecule has 2 aromatic rings. The molecule has 0 saturated carbocycles. The number of anilines is 1. The molecule has 4 heterocycles. The van der Waals surface area contributed by atoms with Gasteiger partial charge in [-0.25, -0.2) is 4.98 Å². The number of hydrogen-bond acceptors (Lipinski definition) is 10. The average Bonchev–Trinajstić information content (AvgIpc) is 3.77. The second-order valence-corrected chi connectivity index (χ2v) is 13.2. The van der Waals surface area contributed by atoms with Gasteiger partial charge in [-0.05, 0) is 30.9 Å². The second-order valence-electron chi connectivity index (χ2n) is 12.3. The number of methoxy groups -OCH3 is 1. The molecular weight excluding hydrogens is 582 g/mol. The average molecular weight is 628 g/mol. The lowest BCUT2D eigenvalue weighted by Crippen LogP contribution is -2.57. The molecule has 44 heavy (non-hydrogen) atoms. The number of likely N-dealkylation sites (tertiary alicyclic amines) is 1. The van der Waals surface area contributed by atoms with E-state index < -0.39 is 23.6 Å². The molecule has 240 valence electrons. The van der Waals surface area contributed by atoms with Crippen molar-refractivity contribution in [1.82, 2.24) is 20.1 Å². The first-order valence-electron chi connectivity index (χ1n) is 15.6. The number of carbonyl (C=O) groups excluding carboxylic acids is 3. The zero-order valence-corrected chi connectivity index (χ0v) is 27.2. The van der Waals surface area contributed by atoms with Crippen molar-refractivity contribution in [3.8, 4) is 11.3 Å². The van der Waals surface area contributed by atoms with E-state index in [0.717, 1.165) is 55.7 Å². The van der Waals surface area contributed by atoms with Gasteiger partial charge in [0.2, 0.25) is 5.91 Å². The van der Waals surface area contributed by atoms with Crippen molar-refractivity contribution in [1.29, 1.82) is 0 Å². The Morgan fingerprint density at radius 2 is 1.89 bits per heavy atom. The standard InChI is InChI=1S/C32H45N5O6S/c1-6-32(3,4)28(30(40)37-18-25(42-7-2)27-26(37)24(38)19-43-27)34-29(39)22-10-8-21(9-11-22)23-20-44-31(33-23)36-14-12-35(13-15-36)16-17-41-5/h8-11,20,25-28H,6-7,12-19H2,1-5H3,(H,34,39)/t25-,26+,27+,28+/m0/s1. The SMILES string of the molecule is CCO[C@H]1CN(C(=O)[C@@H](NC(=O)c2ccc(-c3csc(N4CCN(CCOC)CC4)n3)cc2)C(C)(C)CC)[C@@H]2C(=O)CO[C@H]12. The summed E-state index contributed by atoms with van der Waals surface area (Å²) < 4.78 is 16.7. The van der Waals surface area contributed by atoms with Gasteiger partial charge in [0, 0.05) is 62.9 Å². The summed E-state index contributed by atoms with van der Waals surface area (Å²) in [7, 11) is 1.73. The number of amides is 2. The molecule has 1 N–H and O–H groups in total. The minimum Gasteiger partial charge on any atom is -0.383 e. The fourth-order valence-corrected chi connectivity index (χ4v) is 6.98. The smallest absolute Gasteiger partial charge is 0.251 e. The molecule has 2 amide bonds. The van der Waals surface area contributed by atoms with Gasteiger partial charge >= 0.3 is 0 Å². The van der Waals surface area contributed by atoms with E-state index in [1.165, 1.54) is 0 Å². The maximum Gasteiger partial charge on any atom is 0.251 e. The van der Waals surface area contributed by atoms with Gasteiger partial charge in [-0.1, -0.05) is 32.9 Å². The van der Waals surface area contributed by atoms with Gasteiger partial charge in [0.25, 0.3) is 5.91 Å². The van der Waals surface area contributed by atoms with Gasteiger partial charge < -0.3 is 29.3 Å². The van der Waals surface area contributed by atoms with Gasteiger partial charge in [0.1, 0.15) is 30.9 Å². The van der Waals surface area contributed by atoms with E-state index in [-0.39, 0.29) is 36.9 Å². The van der Waals surface area contributed by atoms with Gasteiger partial charge in [0.05, 0.1) is 18.8 Å². The summed E-state index contributed by atoms with van der Waals surface area (Å²) in [5.74, 6) is -0.754. The molecule has 5 rings (SSSR count). The Labute approximate surface area is 263 Å². The van der Waals surface area contributed by atoms with Crippen LogP contribution in [0.2, 0.25) is 0 Å². The lowest BCUT2D eigenvalue weighted by molar-refractivity contribution is -0.140. The van der Waals surface area contributed by atoms with Crippen LogP contribution in [0.25, 0.3) is 11.3 Å². The van der Waals surface area contributed by atoms with Crippen LogP contribution in [-0.4, -0.2) is 123 Å². The van der Waals surface area contributed by atoms with Crippen LogP contribution < -0.4 is 10.2 Å². The third-order valence-electron chi connectivity index (χ3n) is 9.21. The van der Waals surface area contributed by atoms with Crippen LogP contribution in [0.1, 0.15) is 44.5 Å². The third kappa shape index (κ3) is 6.84. The molecule has 1 aromatic heterocycles. The molecule has 12 heteroatoms. The predicted molar refractivity (Wildman–Crippen MR) is 169 cm³/mol. The summed E-state index contributed by atoms with van der Waals surface area (Å²) in [4.78, 5) is 51.4. The molecule has 0 unspecified atom stereocenters. The number of hydrogen-bond donors (Lipinski definition) is 1. The number of fused-ring (bicyclic) bond motifs is 1. The van der Waals surface area contributed by atoms with Crippen LogP contribution in [-0.2, 0) is 23.8 Å². The van der Waals surface area contributed by atoms with Crippen molar-refractivity contribution < 1.29 is 28.6 Å². The number of ketones is 1. The number of ether oxygens (including phenoxy) is 3. The highest BCUT2D eigenvalue weighted by molar-refractivity contribution is 7.14. The molecule has 11 nitrogen and oxygen atoms in total. The molecule has 1 aromatic carbocycles. The fourth-order valence-electron chi connectivity index (χ4n) is 6.09. The maximum absolute atomic E-state index is 14.0. The van der Waals surface area contributed by atoms with Crippen LogP contribution in [0, 0.1) is 5.41 Å². The summed E-state index contributed by atoms with van der Waals surface area (Å²) in [5, 5.41) is 6.06. The van der Waals surface area contributed by atoms with Crippen LogP contribution in [0.3, 0.4) is 0 Å². The normalized spacial score (nSPS) is 23.2. The quantitative estimate of drug-likeness (QED) is 0.380. The Kier molecular flexibility index (Phi) is 10.4. The van der Waals surface area contributed by atoms with E-state index in [2.05, 4.69) is 15.1 Å². The number of benzene rings is 1. The molecule has 0 bridgehead atoms. The second kappa shape index (κ2) is 14.0. The minimum absolute atomic E-state index is 0.0325. The number of nitrogens with zero attached hydrogens (tertiary/aromatic N) is 4. The number of Topliss-reactive ketones (excluding diaryl/α,β-unsaturated/α-hetero) is 1. The number of aromatic nitrogens is 1. The van der Waals surface area contributed by atoms with Gasteiger partial charge in [-0.15, -0.1) is 11.3 Å². The Hall–Kier alpha value is -2.90. The first-order valence-corrected chi connectivity index (χ1v) is 16.4. The summed E-state index contributed by atoms with van der Waals surface area (Å²) in [5.41, 5.74) is 1.69. The summed E-state index contributed by atoms with van der Waals surface area (Å²) >= 11 is 1.63. The van der Waals surface area contributed by atoms with Crippen molar-refractivity contribution >= 4 is 34.1 Å². The van der Waals surface area contributed by atoms with Crippen LogP contribution in [0.5, 0.6) is 0 Å². The van der Waals surface area contributed by atoms with Crippen molar-refractivity contribution in [3.63, 3.8) is 0 Å². The molecule has 0 spiro atoms. The zero-order chi connectivity index (χ0) is 31.4. The molecule has 3 fully saturated rings. The van der Waals surface area contributed by atoms with Crippen LogP contribution in [0.15, 0.2) is 29.6 Å². The van der Waals surface area contributed by atoms with Crippen molar-refractivity contribution in [3.05, 3.63) is 35.2 Å². The molecule has 3 aliphatic rings. The van der Waals surface area contributed by atoms with E-state index >= 15 is 0 Å². The number of nitrogens with one attached hydrogen (secondary N) is 1. The maximum atomic E-state index is 14.0. The summed E-state index contributed by atoms with van der Waals surface area (Å²) in [6, 6.07) is 5.81. The van der Waals surface area contributed by atoms with Crippen molar-refractivity contribution in [2.45, 2.75) is 58.4 Å². The summed E-state index contributed by atoms with van der Waals surface area (Å²) in [6.45, 7) is 14.0. The van der Waals surface area contributed by atoms with Gasteiger partial charge in [0.15, 0.2) is 10.9 Å². The van der Waals surface area contributed by atoms with Crippen molar-refractivity contribution in [2.75, 3.05) is 71.1 Å². The number of thiazole rings is 1. The Morgan fingerprint density at radius 1 is 1.16 bits per heavy atom. The molecule has 3 saturated heterocycles. The first-order chi connectivity index (χ1) is 21.2. The monoisotopic (exact) mass is 627 g/mol. The lowest BCUT2D eigenvalue weighted by Gasteiger charge is -2.36. The number of carbonyl (C=O) groups is 3. The van der Waals surface area contributed by atoms with E-state index in [1.54, 1.807) is 35.5 Å². The van der Waals surface area contributed by atoms with Gasteiger partial charge in [-0.2, -0.15) is 0 Å². The number of piperazine rings is 1. The number of rotatable bonds is 12. The van der Waals surface area contributed by atoms with Crippen LogP contribution >= 0.6 is 11.3 Å². The highest BCUT2D eigenvalue weighted by atomic mass is 32.1. The Bertz CT molecular complexity index is 1310. The topological polar surface area (TPSA) is 114 Å². The molecular formula is C32H45N5O6S. The minimum atomic E-state index is -0.829. The van der Waals surface area contributed by atoms with Crippen molar-refractivity contribution in [2.24, 2.45) is 5.41 Å². The van der Waals surface area contributed by atoms with E-state index in [9.17, 15) is 14.4 Å². The van der Waals surface area contributed by atoms with E-state index in [4.69, 9.17) is 19.2 Å². The lowest BCUT2D eigenvalue weighted by atomic mass is 9.80. The van der Waals surface area contributed by atoms with E-state index in [0.29, 0.717) is 18.6 Å². The molecule has 0 aliphatic carbocycles. The molecule has 4 atom stereocenters.